The molecular formula is C56H37N. The van der Waals surface area contributed by atoms with Crippen molar-refractivity contribution >= 4 is 70.9 Å². The van der Waals surface area contributed by atoms with Crippen molar-refractivity contribution in [2.24, 2.45) is 0 Å². The number of benzene rings is 11. The van der Waals surface area contributed by atoms with Gasteiger partial charge in [0.05, 0.1) is 0 Å². The van der Waals surface area contributed by atoms with Crippen molar-refractivity contribution in [3.63, 3.8) is 0 Å². The van der Waals surface area contributed by atoms with Crippen molar-refractivity contribution in [3.8, 4) is 33.4 Å². The average molecular weight is 724 g/mol. The van der Waals surface area contributed by atoms with Crippen LogP contribution in [0.4, 0.5) is 17.1 Å². The number of hydrogen-bond acceptors (Lipinski definition) is 1. The molecule has 0 saturated carbocycles. The first-order chi connectivity index (χ1) is 28.2. The summed E-state index contributed by atoms with van der Waals surface area (Å²) in [6.07, 6.45) is 0. The minimum Gasteiger partial charge on any atom is -0.310 e. The number of hydrogen-bond donors (Lipinski definition) is 0. The van der Waals surface area contributed by atoms with Gasteiger partial charge in [0.15, 0.2) is 0 Å². The summed E-state index contributed by atoms with van der Waals surface area (Å²) in [6, 6.07) is 82.0. The lowest BCUT2D eigenvalue weighted by Gasteiger charge is -2.27. The highest BCUT2D eigenvalue weighted by molar-refractivity contribution is 6.20. The third-order valence-corrected chi connectivity index (χ3v) is 11.6. The normalized spacial score (nSPS) is 11.5. The van der Waals surface area contributed by atoms with E-state index >= 15 is 0 Å². The van der Waals surface area contributed by atoms with Crippen LogP contribution in [0, 0.1) is 0 Å². The largest absolute Gasteiger partial charge is 0.310 e. The van der Waals surface area contributed by atoms with E-state index in [9.17, 15) is 0 Å². The Hall–Kier alpha value is -7.48. The third-order valence-electron chi connectivity index (χ3n) is 11.6. The molecule has 0 fully saturated rings. The number of rotatable bonds is 6. The van der Waals surface area contributed by atoms with E-state index in [4.69, 9.17) is 0 Å². The number of anilines is 3. The second kappa shape index (κ2) is 13.7. The van der Waals surface area contributed by atoms with E-state index in [2.05, 4.69) is 229 Å². The van der Waals surface area contributed by atoms with Crippen LogP contribution >= 0.6 is 0 Å². The molecule has 1 heteroatoms. The average Bonchev–Trinajstić information content (AvgIpc) is 3.29. The molecule has 0 atom stereocenters. The third kappa shape index (κ3) is 5.89. The van der Waals surface area contributed by atoms with Crippen molar-refractivity contribution < 1.29 is 0 Å². The summed E-state index contributed by atoms with van der Waals surface area (Å²) in [7, 11) is 0. The molecule has 0 unspecified atom stereocenters. The van der Waals surface area contributed by atoms with Gasteiger partial charge in [0.2, 0.25) is 0 Å². The maximum Gasteiger partial charge on any atom is 0.0468 e. The standard InChI is InChI=1S/C56H37N/c1-2-9-38(10-3-1)46-13-8-14-50(36-46)57(51-33-29-44-22-21-42-11-4-6-15-52(42)55(44)37-51)49-31-27-40(28-32-49)39-17-19-41(20-18-39)47-30-34-54-48(35-47)26-25-45-24-23-43-12-5-7-16-53(43)56(45)54/h1-37H. The summed E-state index contributed by atoms with van der Waals surface area (Å²) in [5.74, 6) is 0. The zero-order valence-corrected chi connectivity index (χ0v) is 31.3. The monoisotopic (exact) mass is 723 g/mol. The first-order valence-electron chi connectivity index (χ1n) is 19.7. The molecule has 0 aliphatic rings. The first kappa shape index (κ1) is 32.9. The van der Waals surface area contributed by atoms with Crippen molar-refractivity contribution in [2.45, 2.75) is 0 Å². The zero-order valence-electron chi connectivity index (χ0n) is 31.3. The molecule has 0 bridgehead atoms. The fraction of sp³-hybridized carbons (Fsp3) is 0. The van der Waals surface area contributed by atoms with Crippen molar-refractivity contribution in [1.82, 2.24) is 0 Å². The maximum absolute atomic E-state index is 2.38. The Kier molecular flexibility index (Phi) is 7.89. The van der Waals surface area contributed by atoms with Gasteiger partial charge in [-0.2, -0.15) is 0 Å². The predicted molar refractivity (Wildman–Crippen MR) is 245 cm³/mol. The highest BCUT2D eigenvalue weighted by Gasteiger charge is 2.16. The molecule has 0 heterocycles. The number of fused-ring (bicyclic) bond motifs is 8. The Bertz CT molecular complexity index is 3270. The van der Waals surface area contributed by atoms with Gasteiger partial charge in [0.1, 0.15) is 0 Å². The smallest absolute Gasteiger partial charge is 0.0468 e. The highest BCUT2D eigenvalue weighted by Crippen LogP contribution is 2.40. The van der Waals surface area contributed by atoms with Crippen LogP contribution in [0.25, 0.3) is 87.2 Å². The lowest BCUT2D eigenvalue weighted by Crippen LogP contribution is -2.10. The molecule has 1 nitrogen and oxygen atoms in total. The van der Waals surface area contributed by atoms with Gasteiger partial charge in [0.25, 0.3) is 0 Å². The Morgan fingerprint density at radius 2 is 0.667 bits per heavy atom. The number of nitrogens with zero attached hydrogens (tertiary/aromatic N) is 1. The minimum atomic E-state index is 1.11. The molecule has 0 amide bonds. The molecule has 0 aromatic heterocycles. The molecule has 11 aromatic carbocycles. The molecule has 266 valence electrons. The summed E-state index contributed by atoms with van der Waals surface area (Å²) in [5.41, 5.74) is 10.5. The Labute approximate surface area is 332 Å². The van der Waals surface area contributed by atoms with Gasteiger partial charge in [-0.3, -0.25) is 0 Å². The second-order valence-corrected chi connectivity index (χ2v) is 15.0. The topological polar surface area (TPSA) is 3.24 Å². The SMILES string of the molecule is c1ccc(-c2cccc(N(c3ccc(-c4ccc(-c5ccc6c(ccc7ccc8ccccc8c76)c5)cc4)cc3)c3ccc4ccc5ccccc5c4c3)c2)cc1. The Balaban J connectivity index is 0.949. The van der Waals surface area contributed by atoms with Crippen LogP contribution < -0.4 is 4.90 Å². The Morgan fingerprint density at radius 3 is 1.42 bits per heavy atom. The van der Waals surface area contributed by atoms with Gasteiger partial charge < -0.3 is 4.90 Å². The van der Waals surface area contributed by atoms with Crippen molar-refractivity contribution in [3.05, 3.63) is 224 Å². The molecule has 57 heavy (non-hydrogen) atoms. The van der Waals surface area contributed by atoms with E-state index in [-0.39, 0.29) is 0 Å². The van der Waals surface area contributed by atoms with Crippen LogP contribution in [0.1, 0.15) is 0 Å². The highest BCUT2D eigenvalue weighted by atomic mass is 15.1. The molecule has 0 aliphatic carbocycles. The van der Waals surface area contributed by atoms with Gasteiger partial charge in [-0.15, -0.1) is 0 Å². The molecule has 11 aromatic rings. The molecule has 0 radical (unpaired) electrons. The van der Waals surface area contributed by atoms with E-state index in [0.29, 0.717) is 0 Å². The first-order valence-corrected chi connectivity index (χ1v) is 19.7. The zero-order chi connectivity index (χ0) is 37.7. The van der Waals surface area contributed by atoms with E-state index in [1.165, 1.54) is 87.2 Å². The van der Waals surface area contributed by atoms with Crippen LogP contribution in [-0.4, -0.2) is 0 Å². The van der Waals surface area contributed by atoms with Crippen LogP contribution in [0.2, 0.25) is 0 Å². The minimum absolute atomic E-state index is 1.11. The molecule has 0 spiro atoms. The van der Waals surface area contributed by atoms with Crippen LogP contribution in [0.5, 0.6) is 0 Å². The van der Waals surface area contributed by atoms with Gasteiger partial charge >= 0.3 is 0 Å². The van der Waals surface area contributed by atoms with Gasteiger partial charge in [-0.1, -0.05) is 182 Å². The van der Waals surface area contributed by atoms with Crippen LogP contribution in [0.15, 0.2) is 224 Å². The lowest BCUT2D eigenvalue weighted by molar-refractivity contribution is 1.29. The summed E-state index contributed by atoms with van der Waals surface area (Å²) < 4.78 is 0. The molecule has 0 N–H and O–H groups in total. The molecule has 0 saturated heterocycles. The summed E-state index contributed by atoms with van der Waals surface area (Å²) in [6.45, 7) is 0. The van der Waals surface area contributed by atoms with Gasteiger partial charge in [-0.05, 0) is 130 Å². The fourth-order valence-corrected chi connectivity index (χ4v) is 8.70. The van der Waals surface area contributed by atoms with E-state index in [0.717, 1.165) is 17.1 Å². The van der Waals surface area contributed by atoms with Gasteiger partial charge in [0, 0.05) is 17.1 Å². The maximum atomic E-state index is 2.38. The second-order valence-electron chi connectivity index (χ2n) is 15.0. The van der Waals surface area contributed by atoms with E-state index in [1.54, 1.807) is 0 Å². The van der Waals surface area contributed by atoms with Crippen molar-refractivity contribution in [1.29, 1.82) is 0 Å². The quantitative estimate of drug-likeness (QED) is 0.154. The van der Waals surface area contributed by atoms with Crippen LogP contribution in [-0.2, 0) is 0 Å². The van der Waals surface area contributed by atoms with Crippen LogP contribution in [0.3, 0.4) is 0 Å². The van der Waals surface area contributed by atoms with Crippen molar-refractivity contribution in [2.75, 3.05) is 4.90 Å². The summed E-state index contributed by atoms with van der Waals surface area (Å²) in [5, 5.41) is 12.7. The summed E-state index contributed by atoms with van der Waals surface area (Å²) >= 11 is 0. The molecule has 0 aliphatic heterocycles. The van der Waals surface area contributed by atoms with E-state index < -0.39 is 0 Å². The molecular weight excluding hydrogens is 687 g/mol. The summed E-state index contributed by atoms with van der Waals surface area (Å²) in [4.78, 5) is 2.38. The Morgan fingerprint density at radius 1 is 0.211 bits per heavy atom. The lowest BCUT2D eigenvalue weighted by atomic mass is 9.94. The predicted octanol–water partition coefficient (Wildman–Crippen LogP) is 15.9. The molecule has 11 rings (SSSR count). The fourth-order valence-electron chi connectivity index (χ4n) is 8.70. The van der Waals surface area contributed by atoms with E-state index in [1.807, 2.05) is 0 Å². The van der Waals surface area contributed by atoms with Gasteiger partial charge in [-0.25, -0.2) is 0 Å².